The quantitative estimate of drug-likeness (QED) is 0.613. The second-order valence-corrected chi connectivity index (χ2v) is 11.1. The van der Waals surface area contributed by atoms with Gasteiger partial charge in [-0.15, -0.1) is 5.10 Å². The smallest absolute Gasteiger partial charge is 0.236 e. The number of nitrogens with zero attached hydrogens (tertiary/aromatic N) is 5. The first-order chi connectivity index (χ1) is 13.7. The first kappa shape index (κ1) is 21.8. The molecule has 1 aliphatic heterocycles. The average molecular weight is 438 g/mol. The highest BCUT2D eigenvalue weighted by atomic mass is 32.2. The van der Waals surface area contributed by atoms with Gasteiger partial charge in [-0.25, -0.2) is 8.42 Å². The van der Waals surface area contributed by atoms with Gasteiger partial charge in [0, 0.05) is 12.6 Å². The Hall–Kier alpha value is -1.94. The van der Waals surface area contributed by atoms with E-state index in [0.717, 1.165) is 5.69 Å². The van der Waals surface area contributed by atoms with Gasteiger partial charge in [0.05, 0.1) is 22.4 Å². The Kier molecular flexibility index (Phi) is 6.62. The Morgan fingerprint density at radius 2 is 1.97 bits per heavy atom. The summed E-state index contributed by atoms with van der Waals surface area (Å²) in [5.41, 5.74) is 2.06. The lowest BCUT2D eigenvalue weighted by Gasteiger charge is -2.29. The maximum absolute atomic E-state index is 13.0. The summed E-state index contributed by atoms with van der Waals surface area (Å²) in [6, 6.07) is 7.77. The summed E-state index contributed by atoms with van der Waals surface area (Å²) < 4.78 is 25.2. The van der Waals surface area contributed by atoms with E-state index in [1.807, 2.05) is 31.2 Å². The number of carbonyl (C=O) groups is 1. The molecule has 0 spiro atoms. The highest BCUT2D eigenvalue weighted by Crippen LogP contribution is 2.27. The number of amides is 1. The zero-order chi connectivity index (χ0) is 21.2. The number of tetrazole rings is 1. The standard InChI is InChI=1S/C19H27N5O3S2/c1-5-23(17-10-11-29(26,27)12-17)18(25)14(4)28-19-20-21-22-24(19)16-8-6-15(7-9-16)13(2)3/h6-9,13-14,17H,5,10-12H2,1-4H3. The second-order valence-electron chi connectivity index (χ2n) is 7.56. The van der Waals surface area contributed by atoms with Gasteiger partial charge in [0.2, 0.25) is 11.1 Å². The number of thioether (sulfide) groups is 1. The van der Waals surface area contributed by atoms with Crippen LogP contribution in [0, 0.1) is 0 Å². The summed E-state index contributed by atoms with van der Waals surface area (Å²) in [6.07, 6.45) is 0.499. The van der Waals surface area contributed by atoms with E-state index in [9.17, 15) is 13.2 Å². The molecule has 2 aromatic rings. The van der Waals surface area contributed by atoms with Crippen molar-refractivity contribution in [2.45, 2.75) is 56.5 Å². The molecule has 158 valence electrons. The largest absolute Gasteiger partial charge is 0.338 e. The van der Waals surface area contributed by atoms with Crippen molar-refractivity contribution in [1.29, 1.82) is 0 Å². The van der Waals surface area contributed by atoms with Crippen LogP contribution in [0.2, 0.25) is 0 Å². The first-order valence-electron chi connectivity index (χ1n) is 9.78. The zero-order valence-corrected chi connectivity index (χ0v) is 18.8. The van der Waals surface area contributed by atoms with E-state index in [1.54, 1.807) is 16.5 Å². The number of benzene rings is 1. The lowest BCUT2D eigenvalue weighted by molar-refractivity contribution is -0.131. The molecule has 1 aromatic heterocycles. The summed E-state index contributed by atoms with van der Waals surface area (Å²) in [5, 5.41) is 12.0. The molecule has 2 unspecified atom stereocenters. The van der Waals surface area contributed by atoms with Crippen LogP contribution < -0.4 is 0 Å². The van der Waals surface area contributed by atoms with Gasteiger partial charge in [-0.2, -0.15) is 4.68 Å². The maximum Gasteiger partial charge on any atom is 0.236 e. The van der Waals surface area contributed by atoms with Crippen LogP contribution in [-0.2, 0) is 14.6 Å². The highest BCUT2D eigenvalue weighted by Gasteiger charge is 2.35. The Balaban J connectivity index is 1.73. The predicted molar refractivity (Wildman–Crippen MR) is 113 cm³/mol. The minimum absolute atomic E-state index is 0.0455. The van der Waals surface area contributed by atoms with Crippen LogP contribution >= 0.6 is 11.8 Å². The monoisotopic (exact) mass is 437 g/mol. The molecule has 0 aliphatic carbocycles. The molecule has 0 bridgehead atoms. The van der Waals surface area contributed by atoms with Crippen molar-refractivity contribution in [2.24, 2.45) is 0 Å². The van der Waals surface area contributed by atoms with Crippen LogP contribution in [0.4, 0.5) is 0 Å². The fraction of sp³-hybridized carbons (Fsp3) is 0.579. The summed E-state index contributed by atoms with van der Waals surface area (Å²) in [6.45, 7) is 8.43. The van der Waals surface area contributed by atoms with Crippen molar-refractivity contribution in [3.63, 3.8) is 0 Å². The SMILES string of the molecule is CCN(C(=O)C(C)Sc1nnnn1-c1ccc(C(C)C)cc1)C1CCS(=O)(=O)C1. The Bertz CT molecular complexity index is 956. The molecule has 1 fully saturated rings. The third-order valence-corrected chi connectivity index (χ3v) is 7.92. The summed E-state index contributed by atoms with van der Waals surface area (Å²) in [7, 11) is -3.05. The van der Waals surface area contributed by atoms with E-state index in [-0.39, 0.29) is 23.5 Å². The Labute approximate surface area is 176 Å². The minimum Gasteiger partial charge on any atom is -0.338 e. The maximum atomic E-state index is 13.0. The molecule has 1 aromatic carbocycles. The number of hydrogen-bond donors (Lipinski definition) is 0. The Morgan fingerprint density at radius 3 is 2.52 bits per heavy atom. The topological polar surface area (TPSA) is 98.1 Å². The van der Waals surface area contributed by atoms with Gasteiger partial charge < -0.3 is 4.90 Å². The molecule has 10 heteroatoms. The average Bonchev–Trinajstić information content (AvgIpc) is 3.28. The van der Waals surface area contributed by atoms with E-state index < -0.39 is 15.1 Å². The molecule has 1 aliphatic rings. The molecule has 3 rings (SSSR count). The van der Waals surface area contributed by atoms with Crippen molar-refractivity contribution in [3.05, 3.63) is 29.8 Å². The second kappa shape index (κ2) is 8.83. The van der Waals surface area contributed by atoms with Gasteiger partial charge in [-0.05, 0) is 54.3 Å². The van der Waals surface area contributed by atoms with E-state index in [0.29, 0.717) is 24.0 Å². The van der Waals surface area contributed by atoms with Crippen LogP contribution in [-0.4, -0.2) is 68.8 Å². The number of hydrogen-bond acceptors (Lipinski definition) is 7. The number of rotatable bonds is 7. The lowest BCUT2D eigenvalue weighted by atomic mass is 10.0. The molecule has 0 saturated carbocycles. The van der Waals surface area contributed by atoms with Crippen molar-refractivity contribution in [3.8, 4) is 5.69 Å². The van der Waals surface area contributed by atoms with E-state index in [2.05, 4.69) is 29.4 Å². The molecule has 29 heavy (non-hydrogen) atoms. The molecule has 8 nitrogen and oxygen atoms in total. The van der Waals surface area contributed by atoms with Crippen LogP contribution in [0.15, 0.2) is 29.4 Å². The van der Waals surface area contributed by atoms with E-state index >= 15 is 0 Å². The summed E-state index contributed by atoms with van der Waals surface area (Å²) in [4.78, 5) is 14.7. The fourth-order valence-corrected chi connectivity index (χ4v) is 6.08. The van der Waals surface area contributed by atoms with Gasteiger partial charge in [0.25, 0.3) is 0 Å². The summed E-state index contributed by atoms with van der Waals surface area (Å²) in [5.74, 6) is 0.533. The summed E-state index contributed by atoms with van der Waals surface area (Å²) >= 11 is 1.28. The first-order valence-corrected chi connectivity index (χ1v) is 12.5. The van der Waals surface area contributed by atoms with Gasteiger partial charge >= 0.3 is 0 Å². The van der Waals surface area contributed by atoms with E-state index in [4.69, 9.17) is 0 Å². The van der Waals surface area contributed by atoms with Gasteiger partial charge in [-0.1, -0.05) is 37.7 Å². The normalized spacial score (nSPS) is 19.4. The minimum atomic E-state index is -3.05. The van der Waals surface area contributed by atoms with Gasteiger partial charge in [0.15, 0.2) is 9.84 Å². The molecular weight excluding hydrogens is 410 g/mol. The van der Waals surface area contributed by atoms with Crippen LogP contribution in [0.25, 0.3) is 5.69 Å². The Morgan fingerprint density at radius 1 is 1.28 bits per heavy atom. The number of aromatic nitrogens is 4. The number of sulfone groups is 1. The van der Waals surface area contributed by atoms with Gasteiger partial charge in [-0.3, -0.25) is 4.79 Å². The number of carbonyl (C=O) groups excluding carboxylic acids is 1. The fourth-order valence-electron chi connectivity index (χ4n) is 3.47. The lowest BCUT2D eigenvalue weighted by Crippen LogP contribution is -2.44. The van der Waals surface area contributed by atoms with Crippen LogP contribution in [0.3, 0.4) is 0 Å². The third kappa shape index (κ3) is 4.98. The van der Waals surface area contributed by atoms with Crippen molar-refractivity contribution < 1.29 is 13.2 Å². The highest BCUT2D eigenvalue weighted by molar-refractivity contribution is 8.00. The molecule has 0 radical (unpaired) electrons. The molecule has 0 N–H and O–H groups in total. The molecule has 2 atom stereocenters. The van der Waals surface area contributed by atoms with Crippen LogP contribution in [0.5, 0.6) is 0 Å². The van der Waals surface area contributed by atoms with Crippen molar-refractivity contribution in [1.82, 2.24) is 25.1 Å². The molecular formula is C19H27N5O3S2. The predicted octanol–water partition coefficient (Wildman–Crippen LogP) is 2.30. The van der Waals surface area contributed by atoms with E-state index in [1.165, 1.54) is 17.3 Å². The third-order valence-electron chi connectivity index (χ3n) is 5.15. The van der Waals surface area contributed by atoms with Crippen LogP contribution in [0.1, 0.15) is 45.6 Å². The van der Waals surface area contributed by atoms with Gasteiger partial charge in [0.1, 0.15) is 0 Å². The van der Waals surface area contributed by atoms with Crippen molar-refractivity contribution >= 4 is 27.5 Å². The van der Waals surface area contributed by atoms with Crippen molar-refractivity contribution in [2.75, 3.05) is 18.1 Å². The molecule has 2 heterocycles. The molecule has 1 saturated heterocycles. The zero-order valence-electron chi connectivity index (χ0n) is 17.1. The molecule has 1 amide bonds.